The van der Waals surface area contributed by atoms with Crippen LogP contribution in [0.5, 0.6) is 0 Å². The van der Waals surface area contributed by atoms with Gasteiger partial charge in [-0.05, 0) is 24.1 Å². The maximum atomic E-state index is 13.3. The summed E-state index contributed by atoms with van der Waals surface area (Å²) in [5, 5.41) is 4.03. The van der Waals surface area contributed by atoms with Gasteiger partial charge in [0.05, 0.1) is 18.2 Å². The third-order valence-electron chi connectivity index (χ3n) is 4.55. The van der Waals surface area contributed by atoms with Crippen molar-refractivity contribution in [1.29, 1.82) is 0 Å². The summed E-state index contributed by atoms with van der Waals surface area (Å²) < 4.78 is 31.6. The van der Waals surface area contributed by atoms with Crippen molar-refractivity contribution in [3.05, 3.63) is 52.9 Å². The lowest BCUT2D eigenvalue weighted by Crippen LogP contribution is -2.52. The first-order valence-corrected chi connectivity index (χ1v) is 8.41. The van der Waals surface area contributed by atoms with Crippen molar-refractivity contribution in [2.45, 2.75) is 51.6 Å². The number of hydrogen-bond acceptors (Lipinski definition) is 4. The predicted octanol–water partition coefficient (Wildman–Crippen LogP) is 3.64. The Balaban J connectivity index is 1.61. The second-order valence-corrected chi connectivity index (χ2v) is 7.59. The van der Waals surface area contributed by atoms with Crippen LogP contribution in [0.1, 0.15) is 44.2 Å². The fourth-order valence-corrected chi connectivity index (χ4v) is 2.91. The molecule has 1 fully saturated rings. The smallest absolute Gasteiger partial charge is 0.159 e. The Morgan fingerprint density at radius 1 is 1.28 bits per heavy atom. The van der Waals surface area contributed by atoms with Crippen LogP contribution in [0.3, 0.4) is 0 Å². The van der Waals surface area contributed by atoms with Crippen molar-refractivity contribution in [1.82, 2.24) is 10.1 Å². The van der Waals surface area contributed by atoms with E-state index in [1.54, 1.807) is 6.07 Å². The summed E-state index contributed by atoms with van der Waals surface area (Å²) in [6.45, 7) is 7.29. The van der Waals surface area contributed by atoms with E-state index in [0.29, 0.717) is 17.9 Å². The molecule has 0 saturated carbocycles. The fraction of sp³-hybridized carbons (Fsp3) is 0.474. The molecule has 4 nitrogen and oxygen atoms in total. The Kier molecular flexibility index (Phi) is 4.73. The van der Waals surface area contributed by atoms with E-state index >= 15 is 0 Å². The van der Waals surface area contributed by atoms with Gasteiger partial charge in [-0.2, -0.15) is 0 Å². The van der Waals surface area contributed by atoms with E-state index in [2.05, 4.69) is 5.16 Å². The molecule has 2 heterocycles. The number of likely N-dealkylation sites (tertiary alicyclic amines) is 1. The van der Waals surface area contributed by atoms with Crippen molar-refractivity contribution < 1.29 is 18.1 Å². The van der Waals surface area contributed by atoms with E-state index in [9.17, 15) is 13.6 Å². The van der Waals surface area contributed by atoms with Gasteiger partial charge >= 0.3 is 0 Å². The van der Waals surface area contributed by atoms with Crippen LogP contribution in [0.4, 0.5) is 8.78 Å². The maximum absolute atomic E-state index is 13.3. The number of carbonyl (C=O) groups excluding carboxylic acids is 1. The molecule has 0 unspecified atom stereocenters. The van der Waals surface area contributed by atoms with E-state index in [4.69, 9.17) is 4.52 Å². The molecule has 1 aliphatic rings. The Hall–Kier alpha value is -2.08. The zero-order valence-corrected chi connectivity index (χ0v) is 14.7. The van der Waals surface area contributed by atoms with Crippen LogP contribution < -0.4 is 0 Å². The largest absolute Gasteiger partial charge is 0.361 e. The molecule has 0 spiro atoms. The van der Waals surface area contributed by atoms with E-state index in [0.717, 1.165) is 24.7 Å². The third-order valence-corrected chi connectivity index (χ3v) is 4.55. The van der Waals surface area contributed by atoms with Crippen molar-refractivity contribution >= 4 is 5.78 Å². The molecule has 0 N–H and O–H groups in total. The van der Waals surface area contributed by atoms with E-state index in [1.165, 1.54) is 6.07 Å². The van der Waals surface area contributed by atoms with Gasteiger partial charge in [0.25, 0.3) is 0 Å². The number of ketones is 1. The van der Waals surface area contributed by atoms with Crippen LogP contribution in [0.25, 0.3) is 0 Å². The average Bonchev–Trinajstić information content (AvgIpc) is 2.95. The molecular formula is C19H22F2N2O2. The van der Waals surface area contributed by atoms with Gasteiger partial charge in [0.1, 0.15) is 5.76 Å². The van der Waals surface area contributed by atoms with Gasteiger partial charge in [0.2, 0.25) is 0 Å². The summed E-state index contributed by atoms with van der Waals surface area (Å²) in [5.41, 5.74) is 1.36. The summed E-state index contributed by atoms with van der Waals surface area (Å²) >= 11 is 0. The van der Waals surface area contributed by atoms with E-state index in [1.807, 2.05) is 31.7 Å². The SMILES string of the molecule is CC(C)(C)c1cc(CC(=O)[C@@H]2CCN2Cc2ccc(F)c(F)c2)on1. The Morgan fingerprint density at radius 3 is 2.60 bits per heavy atom. The number of Topliss-reactive ketones (excluding diaryl/α,β-unsaturated/α-hetero) is 1. The lowest BCUT2D eigenvalue weighted by molar-refractivity contribution is -0.128. The molecule has 3 rings (SSSR count). The minimum atomic E-state index is -0.864. The summed E-state index contributed by atoms with van der Waals surface area (Å²) in [5.74, 6) is -1.10. The first-order chi connectivity index (χ1) is 11.7. The van der Waals surface area contributed by atoms with Gasteiger partial charge in [-0.25, -0.2) is 8.78 Å². The van der Waals surface area contributed by atoms with Crippen LogP contribution in [0, 0.1) is 11.6 Å². The summed E-state index contributed by atoms with van der Waals surface area (Å²) in [6, 6.07) is 5.46. The Labute approximate surface area is 145 Å². The highest BCUT2D eigenvalue weighted by Crippen LogP contribution is 2.25. The minimum Gasteiger partial charge on any atom is -0.361 e. The van der Waals surface area contributed by atoms with Crippen LogP contribution in [-0.2, 0) is 23.2 Å². The fourth-order valence-electron chi connectivity index (χ4n) is 2.91. The van der Waals surface area contributed by atoms with Crippen molar-refractivity contribution in [2.75, 3.05) is 6.54 Å². The number of nitrogens with zero attached hydrogens (tertiary/aromatic N) is 2. The second-order valence-electron chi connectivity index (χ2n) is 7.59. The topological polar surface area (TPSA) is 46.3 Å². The minimum absolute atomic E-state index is 0.0606. The number of halogens is 2. The second kappa shape index (κ2) is 6.67. The molecule has 0 amide bonds. The molecule has 0 radical (unpaired) electrons. The molecule has 0 aliphatic carbocycles. The van der Waals surface area contributed by atoms with Gasteiger partial charge < -0.3 is 4.52 Å². The maximum Gasteiger partial charge on any atom is 0.159 e. The monoisotopic (exact) mass is 348 g/mol. The van der Waals surface area contributed by atoms with Crippen molar-refractivity contribution in [3.8, 4) is 0 Å². The normalized spacial score (nSPS) is 18.2. The van der Waals surface area contributed by atoms with Crippen LogP contribution in [-0.4, -0.2) is 28.4 Å². The average molecular weight is 348 g/mol. The molecule has 25 heavy (non-hydrogen) atoms. The highest BCUT2D eigenvalue weighted by molar-refractivity contribution is 5.86. The number of benzene rings is 1. The first-order valence-electron chi connectivity index (χ1n) is 8.41. The number of rotatable bonds is 5. The summed E-state index contributed by atoms with van der Waals surface area (Å²) in [4.78, 5) is 14.5. The number of aromatic nitrogens is 1. The molecule has 1 saturated heterocycles. The lowest BCUT2D eigenvalue weighted by atomic mass is 9.91. The molecule has 6 heteroatoms. The lowest BCUT2D eigenvalue weighted by Gasteiger charge is -2.39. The van der Waals surface area contributed by atoms with Gasteiger partial charge in [-0.15, -0.1) is 0 Å². The summed E-state index contributed by atoms with van der Waals surface area (Å²) in [7, 11) is 0. The van der Waals surface area contributed by atoms with Crippen LogP contribution >= 0.6 is 0 Å². The molecule has 0 bridgehead atoms. The van der Waals surface area contributed by atoms with Crippen molar-refractivity contribution in [2.24, 2.45) is 0 Å². The first kappa shape index (κ1) is 17.7. The van der Waals surface area contributed by atoms with Gasteiger partial charge in [-0.1, -0.05) is 32.0 Å². The van der Waals surface area contributed by atoms with E-state index < -0.39 is 11.6 Å². The van der Waals surface area contributed by atoms with E-state index in [-0.39, 0.29) is 23.7 Å². The highest BCUT2D eigenvalue weighted by Gasteiger charge is 2.34. The molecule has 1 aromatic carbocycles. The van der Waals surface area contributed by atoms with Gasteiger partial charge in [0.15, 0.2) is 17.4 Å². The predicted molar refractivity (Wildman–Crippen MR) is 89.1 cm³/mol. The van der Waals surface area contributed by atoms with Gasteiger partial charge in [0, 0.05) is 24.6 Å². The molecule has 1 atom stereocenters. The van der Waals surface area contributed by atoms with Gasteiger partial charge in [-0.3, -0.25) is 9.69 Å². The number of hydrogen-bond donors (Lipinski definition) is 0. The van der Waals surface area contributed by atoms with Crippen LogP contribution in [0.2, 0.25) is 0 Å². The quantitative estimate of drug-likeness (QED) is 0.828. The molecule has 1 aliphatic heterocycles. The molecule has 2 aromatic rings. The van der Waals surface area contributed by atoms with Crippen LogP contribution in [0.15, 0.2) is 28.8 Å². The number of carbonyl (C=O) groups is 1. The Bertz CT molecular complexity index is 780. The zero-order chi connectivity index (χ0) is 18.2. The van der Waals surface area contributed by atoms with Crippen molar-refractivity contribution in [3.63, 3.8) is 0 Å². The molecular weight excluding hydrogens is 326 g/mol. The Morgan fingerprint density at radius 2 is 2.04 bits per heavy atom. The summed E-state index contributed by atoms with van der Waals surface area (Å²) in [6.07, 6.45) is 0.963. The molecule has 134 valence electrons. The third kappa shape index (κ3) is 3.95. The molecule has 1 aromatic heterocycles. The highest BCUT2D eigenvalue weighted by atomic mass is 19.2. The zero-order valence-electron chi connectivity index (χ0n) is 14.7. The standard InChI is InChI=1S/C19H22F2N2O2/c1-19(2,3)18-10-13(25-22-18)9-17(24)16-6-7-23(16)11-12-4-5-14(20)15(21)8-12/h4-5,8,10,16H,6-7,9,11H2,1-3H3/t16-/m0/s1.